The fourth-order valence-corrected chi connectivity index (χ4v) is 2.14. The van der Waals surface area contributed by atoms with Gasteiger partial charge in [-0.25, -0.2) is 0 Å². The maximum Gasteiger partial charge on any atom is 0.304 e. The Balaban J connectivity index is 2.11. The molecule has 0 bridgehead atoms. The van der Waals surface area contributed by atoms with Crippen LogP contribution in [0, 0.1) is 29.8 Å². The fourth-order valence-electron chi connectivity index (χ4n) is 2.14. The van der Waals surface area contributed by atoms with Crippen molar-refractivity contribution in [3.05, 3.63) is 69.0 Å². The highest BCUT2D eigenvalue weighted by Gasteiger charge is 2.13. The number of nitro benzene ring substituents is 1. The van der Waals surface area contributed by atoms with Gasteiger partial charge in [-0.15, -0.1) is 0 Å². The van der Waals surface area contributed by atoms with E-state index >= 15 is 0 Å². The van der Waals surface area contributed by atoms with Crippen LogP contribution in [0.2, 0.25) is 0 Å². The Labute approximate surface area is 116 Å². The third kappa shape index (κ3) is 3.32. The molecule has 4 nitrogen and oxygen atoms in total. The Kier molecular flexibility index (Phi) is 3.98. The molecule has 20 heavy (non-hydrogen) atoms. The first-order chi connectivity index (χ1) is 9.45. The molecule has 0 atom stereocenters. The smallest absolute Gasteiger partial charge is 0.304 e. The van der Waals surface area contributed by atoms with Gasteiger partial charge in [-0.1, -0.05) is 29.3 Å². The number of hydrogen-bond acceptors (Lipinski definition) is 3. The molecule has 2 rings (SSSR count). The molecule has 0 saturated heterocycles. The lowest BCUT2D eigenvalue weighted by atomic mass is 10.1. The van der Waals surface area contributed by atoms with E-state index in [1.54, 1.807) is 0 Å². The molecule has 2 aromatic rings. The molecule has 0 fully saturated rings. The molecule has 0 amide bonds. The summed E-state index contributed by atoms with van der Waals surface area (Å²) in [5.74, 6) is -0.833. The summed E-state index contributed by atoms with van der Waals surface area (Å²) in [6.45, 7) is 4.57. The zero-order chi connectivity index (χ0) is 14.7. The zero-order valence-corrected chi connectivity index (χ0v) is 11.3. The van der Waals surface area contributed by atoms with Gasteiger partial charge in [0.25, 0.3) is 0 Å². The van der Waals surface area contributed by atoms with Crippen LogP contribution in [0.3, 0.4) is 0 Å². The molecule has 0 aromatic heterocycles. The highest BCUT2D eigenvalue weighted by Crippen LogP contribution is 2.21. The van der Waals surface area contributed by atoms with Gasteiger partial charge in [-0.05, 0) is 25.5 Å². The summed E-state index contributed by atoms with van der Waals surface area (Å²) in [5.41, 5.74) is 3.42. The van der Waals surface area contributed by atoms with Gasteiger partial charge in [0.2, 0.25) is 5.82 Å². The highest BCUT2D eigenvalue weighted by molar-refractivity contribution is 5.50. The summed E-state index contributed by atoms with van der Waals surface area (Å²) in [4.78, 5) is 9.80. The van der Waals surface area contributed by atoms with Crippen LogP contribution in [-0.4, -0.2) is 4.92 Å². The normalized spacial score (nSPS) is 10.3. The summed E-state index contributed by atoms with van der Waals surface area (Å²) in [6, 6.07) is 9.97. The van der Waals surface area contributed by atoms with Crippen molar-refractivity contribution in [3.63, 3.8) is 0 Å². The number of halogens is 1. The van der Waals surface area contributed by atoms with Gasteiger partial charge >= 0.3 is 5.69 Å². The molecule has 0 aliphatic rings. The van der Waals surface area contributed by atoms with E-state index in [0.717, 1.165) is 22.8 Å². The first-order valence-corrected chi connectivity index (χ1v) is 6.20. The van der Waals surface area contributed by atoms with E-state index in [4.69, 9.17) is 0 Å². The minimum Gasteiger partial charge on any atom is -0.381 e. The summed E-state index contributed by atoms with van der Waals surface area (Å²) in [5, 5.41) is 13.6. The van der Waals surface area contributed by atoms with E-state index in [1.165, 1.54) is 12.1 Å². The lowest BCUT2D eigenvalue weighted by Gasteiger charge is -2.08. The maximum atomic E-state index is 13.5. The SMILES string of the molecule is Cc1cc(C)cc(CNc2ccc([N+](=O)[O-])c(F)c2)c1. The molecule has 0 spiro atoms. The van der Waals surface area contributed by atoms with Crippen LogP contribution < -0.4 is 5.32 Å². The third-order valence-electron chi connectivity index (χ3n) is 2.92. The van der Waals surface area contributed by atoms with Crippen LogP contribution in [0.5, 0.6) is 0 Å². The molecule has 104 valence electrons. The lowest BCUT2D eigenvalue weighted by molar-refractivity contribution is -0.387. The molecule has 0 radical (unpaired) electrons. The predicted molar refractivity (Wildman–Crippen MR) is 76.3 cm³/mol. The Morgan fingerprint density at radius 2 is 1.80 bits per heavy atom. The summed E-state index contributed by atoms with van der Waals surface area (Å²) in [6.07, 6.45) is 0. The van der Waals surface area contributed by atoms with E-state index in [0.29, 0.717) is 12.2 Å². The Hall–Kier alpha value is -2.43. The molecule has 0 heterocycles. The van der Waals surface area contributed by atoms with Crippen molar-refractivity contribution in [1.82, 2.24) is 0 Å². The average Bonchev–Trinajstić information content (AvgIpc) is 2.35. The highest BCUT2D eigenvalue weighted by atomic mass is 19.1. The minimum absolute atomic E-state index is 0.512. The predicted octanol–water partition coefficient (Wildman–Crippen LogP) is 3.96. The number of nitrogens with zero attached hydrogens (tertiary/aromatic N) is 1. The number of aryl methyl sites for hydroxylation is 2. The second-order valence-electron chi connectivity index (χ2n) is 4.77. The Morgan fingerprint density at radius 3 is 2.35 bits per heavy atom. The van der Waals surface area contributed by atoms with Crippen LogP contribution >= 0.6 is 0 Å². The van der Waals surface area contributed by atoms with Gasteiger partial charge in [-0.3, -0.25) is 10.1 Å². The average molecular weight is 274 g/mol. The largest absolute Gasteiger partial charge is 0.381 e. The molecule has 0 unspecified atom stereocenters. The van der Waals surface area contributed by atoms with Gasteiger partial charge < -0.3 is 5.32 Å². The Bertz CT molecular complexity index is 636. The van der Waals surface area contributed by atoms with E-state index in [2.05, 4.69) is 11.4 Å². The maximum absolute atomic E-state index is 13.5. The van der Waals surface area contributed by atoms with Crippen molar-refractivity contribution in [3.8, 4) is 0 Å². The number of rotatable bonds is 4. The third-order valence-corrected chi connectivity index (χ3v) is 2.92. The van der Waals surface area contributed by atoms with Crippen molar-refractivity contribution in [1.29, 1.82) is 0 Å². The van der Waals surface area contributed by atoms with Gasteiger partial charge in [0.1, 0.15) is 0 Å². The van der Waals surface area contributed by atoms with E-state index in [-0.39, 0.29) is 0 Å². The molecule has 5 heteroatoms. The monoisotopic (exact) mass is 274 g/mol. The van der Waals surface area contributed by atoms with E-state index < -0.39 is 16.4 Å². The second kappa shape index (κ2) is 5.69. The first-order valence-electron chi connectivity index (χ1n) is 6.20. The molecular formula is C15H15FN2O2. The standard InChI is InChI=1S/C15H15FN2O2/c1-10-5-11(2)7-12(6-10)9-17-13-3-4-15(18(19)20)14(16)8-13/h3-8,17H,9H2,1-2H3. The Morgan fingerprint density at radius 1 is 1.15 bits per heavy atom. The van der Waals surface area contributed by atoms with Crippen LogP contribution in [0.15, 0.2) is 36.4 Å². The number of anilines is 1. The minimum atomic E-state index is -0.833. The van der Waals surface area contributed by atoms with Crippen molar-refractivity contribution in [2.24, 2.45) is 0 Å². The number of nitrogens with one attached hydrogen (secondary N) is 1. The first kappa shape index (κ1) is 14.0. The zero-order valence-electron chi connectivity index (χ0n) is 11.3. The van der Waals surface area contributed by atoms with E-state index in [9.17, 15) is 14.5 Å². The van der Waals surface area contributed by atoms with Crippen LogP contribution in [-0.2, 0) is 6.54 Å². The molecule has 1 N–H and O–H groups in total. The summed E-state index contributed by atoms with van der Waals surface area (Å²) in [7, 11) is 0. The summed E-state index contributed by atoms with van der Waals surface area (Å²) >= 11 is 0. The molecule has 0 saturated carbocycles. The van der Waals surface area contributed by atoms with Crippen molar-refractivity contribution < 1.29 is 9.31 Å². The lowest BCUT2D eigenvalue weighted by Crippen LogP contribution is -2.01. The summed E-state index contributed by atoms with van der Waals surface area (Å²) < 4.78 is 13.5. The van der Waals surface area contributed by atoms with Gasteiger partial charge in [0.05, 0.1) is 4.92 Å². The van der Waals surface area contributed by atoms with Crippen molar-refractivity contribution in [2.45, 2.75) is 20.4 Å². The fraction of sp³-hybridized carbons (Fsp3) is 0.200. The van der Waals surface area contributed by atoms with Crippen molar-refractivity contribution >= 4 is 11.4 Å². The molecule has 0 aliphatic heterocycles. The molecular weight excluding hydrogens is 259 g/mol. The van der Waals surface area contributed by atoms with Crippen LogP contribution in [0.4, 0.5) is 15.8 Å². The van der Waals surface area contributed by atoms with Gasteiger partial charge in [0, 0.05) is 24.4 Å². The van der Waals surface area contributed by atoms with Crippen molar-refractivity contribution in [2.75, 3.05) is 5.32 Å². The van der Waals surface area contributed by atoms with Gasteiger partial charge in [-0.2, -0.15) is 4.39 Å². The number of benzene rings is 2. The van der Waals surface area contributed by atoms with Gasteiger partial charge in [0.15, 0.2) is 0 Å². The number of hydrogen-bond donors (Lipinski definition) is 1. The number of nitro groups is 1. The van der Waals surface area contributed by atoms with Crippen LogP contribution in [0.1, 0.15) is 16.7 Å². The topological polar surface area (TPSA) is 55.2 Å². The molecule has 0 aliphatic carbocycles. The second-order valence-corrected chi connectivity index (χ2v) is 4.77. The van der Waals surface area contributed by atoms with Crippen LogP contribution in [0.25, 0.3) is 0 Å². The quantitative estimate of drug-likeness (QED) is 0.678. The van der Waals surface area contributed by atoms with E-state index in [1.807, 2.05) is 26.0 Å². The molecule has 2 aromatic carbocycles.